The monoisotopic (exact) mass is 784 g/mol. The third-order valence-corrected chi connectivity index (χ3v) is 9.50. The highest BCUT2D eigenvalue weighted by Gasteiger charge is 2.52. The van der Waals surface area contributed by atoms with E-state index < -0.39 is 117 Å². The lowest BCUT2D eigenvalue weighted by Gasteiger charge is -2.46. The van der Waals surface area contributed by atoms with Crippen LogP contribution < -0.4 is 0 Å². The van der Waals surface area contributed by atoms with Crippen LogP contribution in [-0.2, 0) is 42.8 Å². The first-order chi connectivity index (χ1) is 25.7. The minimum Gasteiger partial charge on any atom is -0.479 e. The molecule has 2 aliphatic rings. The molecule has 2 rings (SSSR count). The molecule has 18 heteroatoms. The van der Waals surface area contributed by atoms with Crippen molar-refractivity contribution < 1.29 is 88.8 Å². The van der Waals surface area contributed by atoms with Crippen molar-refractivity contribution >= 4 is 17.9 Å². The van der Waals surface area contributed by atoms with Gasteiger partial charge in [-0.2, -0.15) is 0 Å². The number of aliphatic hydroxyl groups excluding tert-OH is 8. The lowest BCUT2D eigenvalue weighted by Crippen LogP contribution is -2.65. The first kappa shape index (κ1) is 48.1. The summed E-state index contributed by atoms with van der Waals surface area (Å²) in [6.45, 7) is 1.41. The molecule has 0 aliphatic carbocycles. The van der Waals surface area contributed by atoms with Crippen molar-refractivity contribution in [1.82, 2.24) is 0 Å². The molecule has 54 heavy (non-hydrogen) atoms. The first-order valence-corrected chi connectivity index (χ1v) is 19.2. The molecule has 316 valence electrons. The third-order valence-electron chi connectivity index (χ3n) is 9.50. The topological polar surface area (TPSA) is 289 Å². The molecule has 0 aromatic heterocycles. The van der Waals surface area contributed by atoms with Gasteiger partial charge in [-0.25, -0.2) is 4.79 Å². The smallest absolute Gasteiger partial charge is 0.332 e. The SMILES string of the molecule is CCCC(O)CC(=O)O[C@H]1[C@H](O[C@H]2[C@H](O)[C@@H](O)[C@H](OCC(O)CCCCCCCCCCCCC(O)C(=O)O)O[C@@H]2COC(C)=O)O[C@H](CO)[C@@H](O)[C@@H]1O. The fourth-order valence-electron chi connectivity index (χ4n) is 6.36. The zero-order valence-corrected chi connectivity index (χ0v) is 31.4. The van der Waals surface area contributed by atoms with Gasteiger partial charge in [-0.3, -0.25) is 9.59 Å². The maximum atomic E-state index is 12.6. The van der Waals surface area contributed by atoms with Gasteiger partial charge in [0, 0.05) is 6.92 Å². The summed E-state index contributed by atoms with van der Waals surface area (Å²) in [4.78, 5) is 34.9. The van der Waals surface area contributed by atoms with E-state index >= 15 is 0 Å². The van der Waals surface area contributed by atoms with Crippen molar-refractivity contribution in [3.63, 3.8) is 0 Å². The van der Waals surface area contributed by atoms with E-state index in [4.69, 9.17) is 33.5 Å². The molecule has 0 bridgehead atoms. The zero-order chi connectivity index (χ0) is 40.2. The number of carbonyl (C=O) groups excluding carboxylic acids is 2. The summed E-state index contributed by atoms with van der Waals surface area (Å²) < 4.78 is 33.3. The summed E-state index contributed by atoms with van der Waals surface area (Å²) in [7, 11) is 0. The molecule has 2 aliphatic heterocycles. The van der Waals surface area contributed by atoms with Crippen LogP contribution in [0.1, 0.15) is 110 Å². The number of carboxylic acids is 1. The molecule has 0 saturated carbocycles. The van der Waals surface area contributed by atoms with Crippen LogP contribution >= 0.6 is 0 Å². The van der Waals surface area contributed by atoms with Gasteiger partial charge in [0.15, 0.2) is 24.8 Å². The summed E-state index contributed by atoms with van der Waals surface area (Å²) in [5.41, 5.74) is 0. The average molecular weight is 785 g/mol. The van der Waals surface area contributed by atoms with Crippen molar-refractivity contribution in [3.05, 3.63) is 0 Å². The predicted octanol–water partition coefficient (Wildman–Crippen LogP) is -0.212. The lowest BCUT2D eigenvalue weighted by atomic mass is 9.96. The van der Waals surface area contributed by atoms with Crippen LogP contribution in [0.15, 0.2) is 0 Å². The molecule has 2 fully saturated rings. The lowest BCUT2D eigenvalue weighted by molar-refractivity contribution is -0.361. The average Bonchev–Trinajstić information content (AvgIpc) is 3.12. The van der Waals surface area contributed by atoms with Crippen LogP contribution in [0.2, 0.25) is 0 Å². The highest BCUT2D eigenvalue weighted by molar-refractivity contribution is 5.71. The number of carbonyl (C=O) groups is 3. The number of hydrogen-bond donors (Lipinski definition) is 9. The van der Waals surface area contributed by atoms with Gasteiger partial charge in [0.1, 0.15) is 49.3 Å². The van der Waals surface area contributed by atoms with Crippen molar-refractivity contribution in [1.29, 1.82) is 0 Å². The Bertz CT molecular complexity index is 1060. The summed E-state index contributed by atoms with van der Waals surface area (Å²) >= 11 is 0. The Balaban J connectivity index is 1.88. The second-order valence-corrected chi connectivity index (χ2v) is 14.2. The highest BCUT2D eigenvalue weighted by Crippen LogP contribution is 2.31. The molecular formula is C36H64O18. The van der Waals surface area contributed by atoms with E-state index in [0.717, 1.165) is 64.7 Å². The molecule has 0 radical (unpaired) electrons. The van der Waals surface area contributed by atoms with E-state index in [1.165, 1.54) is 0 Å². The third kappa shape index (κ3) is 17.0. The fourth-order valence-corrected chi connectivity index (χ4v) is 6.36. The minimum atomic E-state index is -1.83. The molecule has 3 unspecified atom stereocenters. The molecule has 2 heterocycles. The van der Waals surface area contributed by atoms with Crippen LogP contribution in [0.4, 0.5) is 0 Å². The van der Waals surface area contributed by atoms with Gasteiger partial charge in [0.05, 0.1) is 31.8 Å². The highest BCUT2D eigenvalue weighted by atomic mass is 16.8. The van der Waals surface area contributed by atoms with E-state index in [-0.39, 0.29) is 13.0 Å². The van der Waals surface area contributed by atoms with Crippen LogP contribution in [0.3, 0.4) is 0 Å². The number of unbranched alkanes of at least 4 members (excludes halogenated alkanes) is 9. The van der Waals surface area contributed by atoms with Crippen molar-refractivity contribution in [2.24, 2.45) is 0 Å². The van der Waals surface area contributed by atoms with E-state index in [2.05, 4.69) is 0 Å². The van der Waals surface area contributed by atoms with E-state index in [0.29, 0.717) is 25.7 Å². The van der Waals surface area contributed by atoms with E-state index in [1.807, 2.05) is 0 Å². The van der Waals surface area contributed by atoms with Gasteiger partial charge >= 0.3 is 17.9 Å². The summed E-state index contributed by atoms with van der Waals surface area (Å²) in [5.74, 6) is -2.84. The Hall–Kier alpha value is -2.07. The van der Waals surface area contributed by atoms with Crippen LogP contribution in [0.25, 0.3) is 0 Å². The van der Waals surface area contributed by atoms with Crippen molar-refractivity contribution in [2.45, 2.75) is 190 Å². The number of carboxylic acid groups (broad SMARTS) is 1. The fraction of sp³-hybridized carbons (Fsp3) is 0.917. The number of ether oxygens (including phenoxy) is 6. The molecule has 9 N–H and O–H groups in total. The molecular weight excluding hydrogens is 720 g/mol. The Kier molecular flexibility index (Phi) is 23.1. The second-order valence-electron chi connectivity index (χ2n) is 14.2. The van der Waals surface area contributed by atoms with E-state index in [1.54, 1.807) is 6.92 Å². The number of hydrogen-bond acceptors (Lipinski definition) is 17. The largest absolute Gasteiger partial charge is 0.479 e. The Morgan fingerprint density at radius 3 is 1.80 bits per heavy atom. The number of aliphatic hydroxyl groups is 8. The van der Waals surface area contributed by atoms with Crippen LogP contribution in [0, 0.1) is 0 Å². The standard InChI is InChI=1S/C36H64O18/c1-3-14-22(39)17-27(42)53-33-29(44)28(43)25(18-37)51-36(33)54-32-26(20-49-21(2)38)52-35(31(46)30(32)45)50-19-23(40)15-12-10-8-6-4-5-7-9-11-13-16-24(41)34(47)48/h22-26,28-33,35-37,39-41,43-46H,3-20H2,1-2H3,(H,47,48)/t22?,23?,24?,25-,26-,28-,29+,30-,31-,32-,33-,35-,36+/m1/s1. The van der Waals surface area contributed by atoms with Gasteiger partial charge in [-0.1, -0.05) is 77.6 Å². The molecule has 0 amide bonds. The minimum absolute atomic E-state index is 0.250. The molecule has 0 aromatic carbocycles. The first-order valence-electron chi connectivity index (χ1n) is 19.2. The molecule has 0 spiro atoms. The normalized spacial score (nSPS) is 30.3. The predicted molar refractivity (Wildman–Crippen MR) is 186 cm³/mol. The van der Waals surface area contributed by atoms with Gasteiger partial charge in [-0.15, -0.1) is 0 Å². The molecule has 13 atom stereocenters. The summed E-state index contributed by atoms with van der Waals surface area (Å²) in [6, 6.07) is 0. The number of rotatable bonds is 27. The maximum absolute atomic E-state index is 12.6. The van der Waals surface area contributed by atoms with Gasteiger partial charge in [-0.05, 0) is 19.3 Å². The van der Waals surface area contributed by atoms with Crippen LogP contribution in [-0.4, -0.2) is 163 Å². The van der Waals surface area contributed by atoms with Gasteiger partial charge < -0.3 is 74.4 Å². The molecule has 18 nitrogen and oxygen atoms in total. The Morgan fingerprint density at radius 2 is 1.24 bits per heavy atom. The maximum Gasteiger partial charge on any atom is 0.332 e. The summed E-state index contributed by atoms with van der Waals surface area (Å²) in [6.07, 6.45) is -9.07. The second kappa shape index (κ2) is 26.0. The number of esters is 2. The molecule has 2 saturated heterocycles. The van der Waals surface area contributed by atoms with Crippen molar-refractivity contribution in [2.75, 3.05) is 19.8 Å². The zero-order valence-electron chi connectivity index (χ0n) is 31.4. The number of aliphatic carboxylic acids is 1. The summed E-state index contributed by atoms with van der Waals surface area (Å²) in [5, 5.41) is 91.6. The Labute approximate surface area is 316 Å². The van der Waals surface area contributed by atoms with Crippen molar-refractivity contribution in [3.8, 4) is 0 Å². The van der Waals surface area contributed by atoms with Crippen LogP contribution in [0.5, 0.6) is 0 Å². The Morgan fingerprint density at radius 1 is 0.685 bits per heavy atom. The molecule has 0 aromatic rings. The van der Waals surface area contributed by atoms with Gasteiger partial charge in [0.25, 0.3) is 0 Å². The van der Waals surface area contributed by atoms with E-state index in [9.17, 15) is 55.2 Å². The van der Waals surface area contributed by atoms with Gasteiger partial charge in [0.2, 0.25) is 0 Å². The quantitative estimate of drug-likeness (QED) is 0.0385.